The Labute approximate surface area is 153 Å². The summed E-state index contributed by atoms with van der Waals surface area (Å²) in [5.74, 6) is 1.16. The average molecular weight is 350 g/mol. The molecule has 0 saturated carbocycles. The summed E-state index contributed by atoms with van der Waals surface area (Å²) in [4.78, 5) is 9.17. The standard InChI is InChI=1S/C21H23FN4/c1-15(2)24-21-25-19(17-6-4-3-5-7-17)14-20(26-21)23-13-12-16-8-10-18(22)11-9-16/h3-11,14-15H,12-13H2,1-2H3,(H2,23,24,25,26). The first kappa shape index (κ1) is 17.9. The number of nitrogens with zero attached hydrogens (tertiary/aromatic N) is 2. The lowest BCUT2D eigenvalue weighted by molar-refractivity contribution is 0.627. The zero-order valence-electron chi connectivity index (χ0n) is 15.0. The van der Waals surface area contributed by atoms with Gasteiger partial charge in [0, 0.05) is 24.2 Å². The van der Waals surface area contributed by atoms with Crippen LogP contribution in [0.2, 0.25) is 0 Å². The highest BCUT2D eigenvalue weighted by Gasteiger charge is 2.07. The highest BCUT2D eigenvalue weighted by Crippen LogP contribution is 2.21. The lowest BCUT2D eigenvalue weighted by atomic mass is 10.1. The third-order valence-electron chi connectivity index (χ3n) is 3.85. The van der Waals surface area contributed by atoms with Crippen LogP contribution in [-0.4, -0.2) is 22.6 Å². The van der Waals surface area contributed by atoms with Gasteiger partial charge < -0.3 is 10.6 Å². The molecule has 0 saturated heterocycles. The van der Waals surface area contributed by atoms with E-state index in [-0.39, 0.29) is 11.9 Å². The molecule has 0 spiro atoms. The van der Waals surface area contributed by atoms with E-state index in [0.717, 1.165) is 29.1 Å². The highest BCUT2D eigenvalue weighted by atomic mass is 19.1. The first-order valence-electron chi connectivity index (χ1n) is 8.79. The van der Waals surface area contributed by atoms with Gasteiger partial charge in [0.15, 0.2) is 0 Å². The Morgan fingerprint density at radius 3 is 2.38 bits per heavy atom. The Kier molecular flexibility index (Phi) is 5.79. The molecule has 134 valence electrons. The van der Waals surface area contributed by atoms with E-state index in [2.05, 4.69) is 34.4 Å². The molecule has 1 aromatic heterocycles. The molecule has 2 N–H and O–H groups in total. The van der Waals surface area contributed by atoms with Crippen molar-refractivity contribution in [2.24, 2.45) is 0 Å². The maximum Gasteiger partial charge on any atom is 0.225 e. The normalized spacial score (nSPS) is 10.8. The summed E-state index contributed by atoms with van der Waals surface area (Å²) < 4.78 is 13.0. The van der Waals surface area contributed by atoms with Crippen molar-refractivity contribution in [3.8, 4) is 11.3 Å². The average Bonchev–Trinajstić information content (AvgIpc) is 2.63. The van der Waals surface area contributed by atoms with Crippen LogP contribution in [0.5, 0.6) is 0 Å². The fraction of sp³-hybridized carbons (Fsp3) is 0.238. The molecule has 26 heavy (non-hydrogen) atoms. The summed E-state index contributed by atoms with van der Waals surface area (Å²) in [7, 11) is 0. The van der Waals surface area contributed by atoms with E-state index in [1.54, 1.807) is 12.1 Å². The lowest BCUT2D eigenvalue weighted by Crippen LogP contribution is -2.14. The number of benzene rings is 2. The van der Waals surface area contributed by atoms with Gasteiger partial charge in [0.05, 0.1) is 5.69 Å². The van der Waals surface area contributed by atoms with E-state index in [0.29, 0.717) is 12.5 Å². The SMILES string of the molecule is CC(C)Nc1nc(NCCc2ccc(F)cc2)cc(-c2ccccc2)n1. The Bertz CT molecular complexity index is 832. The van der Waals surface area contributed by atoms with E-state index >= 15 is 0 Å². The molecule has 5 heteroatoms. The van der Waals surface area contributed by atoms with Crippen molar-refractivity contribution in [2.75, 3.05) is 17.2 Å². The van der Waals surface area contributed by atoms with Crippen LogP contribution in [0.4, 0.5) is 16.2 Å². The maximum absolute atomic E-state index is 13.0. The molecule has 0 aliphatic rings. The quantitative estimate of drug-likeness (QED) is 0.645. The first-order valence-corrected chi connectivity index (χ1v) is 8.79. The van der Waals surface area contributed by atoms with Crippen molar-refractivity contribution in [2.45, 2.75) is 26.3 Å². The van der Waals surface area contributed by atoms with Crippen molar-refractivity contribution in [1.82, 2.24) is 9.97 Å². The third-order valence-corrected chi connectivity index (χ3v) is 3.85. The predicted octanol–water partition coefficient (Wildman–Crippen LogP) is 4.76. The predicted molar refractivity (Wildman–Crippen MR) is 105 cm³/mol. The molecule has 0 unspecified atom stereocenters. The smallest absolute Gasteiger partial charge is 0.225 e. The largest absolute Gasteiger partial charge is 0.370 e. The zero-order valence-corrected chi connectivity index (χ0v) is 15.0. The number of hydrogen-bond donors (Lipinski definition) is 2. The van der Waals surface area contributed by atoms with Gasteiger partial charge in [-0.2, -0.15) is 4.98 Å². The molecule has 0 aliphatic heterocycles. The Balaban J connectivity index is 1.75. The molecule has 3 rings (SSSR count). The van der Waals surface area contributed by atoms with Gasteiger partial charge in [-0.1, -0.05) is 42.5 Å². The first-order chi connectivity index (χ1) is 12.6. The maximum atomic E-state index is 13.0. The van der Waals surface area contributed by atoms with Gasteiger partial charge in [-0.25, -0.2) is 9.37 Å². The molecule has 0 amide bonds. The highest BCUT2D eigenvalue weighted by molar-refractivity contribution is 5.64. The molecule has 0 atom stereocenters. The van der Waals surface area contributed by atoms with Crippen molar-refractivity contribution in [3.05, 3.63) is 72.0 Å². The van der Waals surface area contributed by atoms with Gasteiger partial charge in [-0.15, -0.1) is 0 Å². The summed E-state index contributed by atoms with van der Waals surface area (Å²) in [6, 6.07) is 18.8. The minimum Gasteiger partial charge on any atom is -0.370 e. The molecular weight excluding hydrogens is 327 g/mol. The van der Waals surface area contributed by atoms with Crippen molar-refractivity contribution < 1.29 is 4.39 Å². The summed E-state index contributed by atoms with van der Waals surface area (Å²) in [5.41, 5.74) is 2.99. The second-order valence-corrected chi connectivity index (χ2v) is 6.43. The molecule has 0 fully saturated rings. The Morgan fingerprint density at radius 1 is 0.962 bits per heavy atom. The number of halogens is 1. The summed E-state index contributed by atoms with van der Waals surface area (Å²) in [6.07, 6.45) is 0.790. The topological polar surface area (TPSA) is 49.8 Å². The van der Waals surface area contributed by atoms with E-state index in [1.807, 2.05) is 36.4 Å². The molecule has 1 heterocycles. The van der Waals surface area contributed by atoms with Crippen LogP contribution in [-0.2, 0) is 6.42 Å². The zero-order chi connectivity index (χ0) is 18.4. The monoisotopic (exact) mass is 350 g/mol. The van der Waals surface area contributed by atoms with Crippen LogP contribution < -0.4 is 10.6 Å². The second-order valence-electron chi connectivity index (χ2n) is 6.43. The molecule has 2 aromatic carbocycles. The molecule has 0 radical (unpaired) electrons. The molecule has 0 aliphatic carbocycles. The van der Waals surface area contributed by atoms with E-state index in [4.69, 9.17) is 0 Å². The van der Waals surface area contributed by atoms with Crippen LogP contribution in [0.25, 0.3) is 11.3 Å². The van der Waals surface area contributed by atoms with Crippen molar-refractivity contribution in [1.29, 1.82) is 0 Å². The van der Waals surface area contributed by atoms with Crippen LogP contribution in [0.15, 0.2) is 60.7 Å². The van der Waals surface area contributed by atoms with Gasteiger partial charge in [0.1, 0.15) is 11.6 Å². The Hall–Kier alpha value is -2.95. The molecule has 4 nitrogen and oxygen atoms in total. The van der Waals surface area contributed by atoms with Crippen LogP contribution in [0, 0.1) is 5.82 Å². The van der Waals surface area contributed by atoms with Crippen molar-refractivity contribution in [3.63, 3.8) is 0 Å². The van der Waals surface area contributed by atoms with Gasteiger partial charge >= 0.3 is 0 Å². The van der Waals surface area contributed by atoms with Crippen molar-refractivity contribution >= 4 is 11.8 Å². The van der Waals surface area contributed by atoms with E-state index < -0.39 is 0 Å². The minimum absolute atomic E-state index is 0.214. The number of nitrogens with one attached hydrogen (secondary N) is 2. The molecule has 0 bridgehead atoms. The Morgan fingerprint density at radius 2 is 1.69 bits per heavy atom. The van der Waals surface area contributed by atoms with Gasteiger partial charge in [0.25, 0.3) is 0 Å². The summed E-state index contributed by atoms with van der Waals surface area (Å²) in [5, 5.41) is 6.61. The fourth-order valence-electron chi connectivity index (χ4n) is 2.60. The van der Waals surface area contributed by atoms with E-state index in [9.17, 15) is 4.39 Å². The molecular formula is C21H23FN4. The van der Waals surface area contributed by atoms with E-state index in [1.165, 1.54) is 12.1 Å². The minimum atomic E-state index is -0.214. The second kappa shape index (κ2) is 8.43. The van der Waals surface area contributed by atoms with Crippen LogP contribution >= 0.6 is 0 Å². The van der Waals surface area contributed by atoms with Crippen LogP contribution in [0.1, 0.15) is 19.4 Å². The van der Waals surface area contributed by atoms with Crippen LogP contribution in [0.3, 0.4) is 0 Å². The number of anilines is 2. The lowest BCUT2D eigenvalue weighted by Gasteiger charge is -2.13. The number of aromatic nitrogens is 2. The summed E-state index contributed by atoms with van der Waals surface area (Å²) >= 11 is 0. The number of rotatable bonds is 7. The third kappa shape index (κ3) is 5.02. The number of hydrogen-bond acceptors (Lipinski definition) is 4. The van der Waals surface area contributed by atoms with Gasteiger partial charge in [-0.05, 0) is 38.0 Å². The fourth-order valence-corrected chi connectivity index (χ4v) is 2.60. The molecule has 3 aromatic rings. The summed E-state index contributed by atoms with van der Waals surface area (Å²) in [6.45, 7) is 4.82. The van der Waals surface area contributed by atoms with Gasteiger partial charge in [-0.3, -0.25) is 0 Å². The van der Waals surface area contributed by atoms with Gasteiger partial charge in [0.2, 0.25) is 5.95 Å².